The molecule has 0 radical (unpaired) electrons. The average molecular weight is 269 g/mol. The van der Waals surface area contributed by atoms with Crippen molar-refractivity contribution in [1.29, 1.82) is 0 Å². The fraction of sp³-hybridized carbons (Fsp3) is 0.923. The van der Waals surface area contributed by atoms with Gasteiger partial charge in [-0.1, -0.05) is 19.8 Å². The van der Waals surface area contributed by atoms with Gasteiger partial charge in [-0.15, -0.1) is 0 Å². The van der Waals surface area contributed by atoms with Crippen molar-refractivity contribution in [3.8, 4) is 0 Å². The molecule has 0 amide bonds. The molecule has 1 unspecified atom stereocenters. The predicted octanol–water partition coefficient (Wildman–Crippen LogP) is 0.0586. The van der Waals surface area contributed by atoms with Gasteiger partial charge < -0.3 is 10.1 Å². The lowest BCUT2D eigenvalue weighted by Gasteiger charge is -2.31. The first-order valence-electron chi connectivity index (χ1n) is 7.43. The molecule has 0 aromatic rings. The molecule has 0 aromatic heterocycles. The summed E-state index contributed by atoms with van der Waals surface area (Å²) in [6, 6.07) is 0.522. The maximum atomic E-state index is 5.73. The number of ether oxygens (including phenoxy) is 1. The van der Waals surface area contributed by atoms with E-state index in [1.807, 2.05) is 0 Å². The Morgan fingerprint density at radius 2 is 2.21 bits per heavy atom. The highest BCUT2D eigenvalue weighted by Crippen LogP contribution is 2.17. The van der Waals surface area contributed by atoms with Crippen LogP contribution in [0.3, 0.4) is 0 Å². The van der Waals surface area contributed by atoms with Crippen molar-refractivity contribution in [2.24, 2.45) is 10.8 Å². The third-order valence-corrected chi connectivity index (χ3v) is 3.96. The molecule has 1 aliphatic carbocycles. The van der Waals surface area contributed by atoms with Crippen LogP contribution in [0.4, 0.5) is 0 Å². The van der Waals surface area contributed by atoms with Crippen LogP contribution >= 0.6 is 0 Å². The van der Waals surface area contributed by atoms with Gasteiger partial charge in [-0.05, 0) is 19.4 Å². The van der Waals surface area contributed by atoms with E-state index in [0.717, 1.165) is 26.2 Å². The van der Waals surface area contributed by atoms with E-state index in [9.17, 15) is 0 Å². The molecule has 19 heavy (non-hydrogen) atoms. The Morgan fingerprint density at radius 1 is 1.42 bits per heavy atom. The van der Waals surface area contributed by atoms with E-state index in [2.05, 4.69) is 27.6 Å². The lowest BCUT2D eigenvalue weighted by Crippen LogP contribution is -2.47. The van der Waals surface area contributed by atoms with Crippen molar-refractivity contribution in [2.75, 3.05) is 32.8 Å². The molecule has 2 aliphatic rings. The molecule has 2 rings (SSSR count). The summed E-state index contributed by atoms with van der Waals surface area (Å²) >= 11 is 0. The van der Waals surface area contributed by atoms with Crippen molar-refractivity contribution in [3.05, 3.63) is 0 Å². The van der Waals surface area contributed by atoms with Gasteiger partial charge in [-0.2, -0.15) is 0 Å². The van der Waals surface area contributed by atoms with Gasteiger partial charge in [-0.25, -0.2) is 10.8 Å². The summed E-state index contributed by atoms with van der Waals surface area (Å²) in [5, 5.41) is 3.38. The molecule has 1 saturated heterocycles. The van der Waals surface area contributed by atoms with E-state index < -0.39 is 0 Å². The number of hydrogen-bond acceptors (Lipinski definition) is 4. The van der Waals surface area contributed by atoms with Crippen LogP contribution in [0, 0.1) is 0 Å². The van der Waals surface area contributed by atoms with E-state index >= 15 is 0 Å². The fourth-order valence-electron chi connectivity index (χ4n) is 2.77. The van der Waals surface area contributed by atoms with Crippen LogP contribution in [-0.4, -0.2) is 55.8 Å². The Bertz CT molecular complexity index is 291. The summed E-state index contributed by atoms with van der Waals surface area (Å²) in [5.74, 6) is 6.22. The van der Waals surface area contributed by atoms with Gasteiger partial charge in [0.2, 0.25) is 5.96 Å². The minimum atomic E-state index is 0.183. The SMILES string of the molecule is CCN1CCOC(CN=C(NN)NC2CCCC2)C1. The van der Waals surface area contributed by atoms with Gasteiger partial charge in [0.25, 0.3) is 0 Å². The Hall–Kier alpha value is -0.850. The number of hydrogen-bond donors (Lipinski definition) is 3. The average Bonchev–Trinajstić information content (AvgIpc) is 2.96. The highest BCUT2D eigenvalue weighted by Gasteiger charge is 2.20. The zero-order valence-corrected chi connectivity index (χ0v) is 11.9. The summed E-state index contributed by atoms with van der Waals surface area (Å²) < 4.78 is 5.73. The molecule has 0 aromatic carbocycles. The van der Waals surface area contributed by atoms with E-state index in [4.69, 9.17) is 10.6 Å². The van der Waals surface area contributed by atoms with Crippen LogP contribution < -0.4 is 16.6 Å². The predicted molar refractivity (Wildman–Crippen MR) is 76.9 cm³/mol. The zero-order chi connectivity index (χ0) is 13.5. The van der Waals surface area contributed by atoms with Crippen LogP contribution in [0.5, 0.6) is 0 Å². The van der Waals surface area contributed by atoms with Crippen molar-refractivity contribution in [2.45, 2.75) is 44.8 Å². The second-order valence-electron chi connectivity index (χ2n) is 5.35. The van der Waals surface area contributed by atoms with Crippen LogP contribution in [-0.2, 0) is 4.74 Å². The Morgan fingerprint density at radius 3 is 2.89 bits per heavy atom. The summed E-state index contributed by atoms with van der Waals surface area (Å²) in [4.78, 5) is 6.91. The van der Waals surface area contributed by atoms with Gasteiger partial charge in [0, 0.05) is 19.1 Å². The van der Waals surface area contributed by atoms with Crippen molar-refractivity contribution in [1.82, 2.24) is 15.6 Å². The van der Waals surface area contributed by atoms with E-state index in [-0.39, 0.29) is 6.10 Å². The number of aliphatic imine (C=N–C) groups is 1. The number of nitrogens with one attached hydrogen (secondary N) is 2. The minimum absolute atomic E-state index is 0.183. The minimum Gasteiger partial charge on any atom is -0.374 e. The summed E-state index contributed by atoms with van der Waals surface area (Å²) in [7, 11) is 0. The molecule has 1 aliphatic heterocycles. The number of rotatable bonds is 4. The van der Waals surface area contributed by atoms with Crippen LogP contribution in [0.15, 0.2) is 4.99 Å². The molecule has 1 atom stereocenters. The number of nitrogens with two attached hydrogens (primary N) is 1. The first kappa shape index (κ1) is 14.6. The molecule has 4 N–H and O–H groups in total. The van der Waals surface area contributed by atoms with Gasteiger partial charge in [0.1, 0.15) is 0 Å². The number of hydrazine groups is 1. The van der Waals surface area contributed by atoms with Crippen LogP contribution in [0.2, 0.25) is 0 Å². The second kappa shape index (κ2) is 7.67. The first-order valence-corrected chi connectivity index (χ1v) is 7.43. The van der Waals surface area contributed by atoms with Gasteiger partial charge in [0.05, 0.1) is 19.3 Å². The van der Waals surface area contributed by atoms with E-state index in [1.165, 1.54) is 25.7 Å². The quantitative estimate of drug-likeness (QED) is 0.291. The Balaban J connectivity index is 1.77. The largest absolute Gasteiger partial charge is 0.374 e. The maximum Gasteiger partial charge on any atom is 0.206 e. The third-order valence-electron chi connectivity index (χ3n) is 3.96. The van der Waals surface area contributed by atoms with Gasteiger partial charge in [0.15, 0.2) is 0 Å². The lowest BCUT2D eigenvalue weighted by atomic mass is 10.2. The number of nitrogens with zero attached hydrogens (tertiary/aromatic N) is 2. The molecule has 6 heteroatoms. The molecule has 6 nitrogen and oxygen atoms in total. The number of guanidine groups is 1. The van der Waals surface area contributed by atoms with Crippen molar-refractivity contribution >= 4 is 5.96 Å². The van der Waals surface area contributed by atoms with E-state index in [0.29, 0.717) is 18.5 Å². The van der Waals surface area contributed by atoms with Crippen LogP contribution in [0.1, 0.15) is 32.6 Å². The lowest BCUT2D eigenvalue weighted by molar-refractivity contribution is -0.0210. The molecular weight excluding hydrogens is 242 g/mol. The topological polar surface area (TPSA) is 74.9 Å². The fourth-order valence-corrected chi connectivity index (χ4v) is 2.77. The smallest absolute Gasteiger partial charge is 0.206 e. The summed E-state index contributed by atoms with van der Waals surface area (Å²) in [5.41, 5.74) is 2.66. The number of likely N-dealkylation sites (N-methyl/N-ethyl adjacent to an activating group) is 1. The molecule has 1 saturated carbocycles. The molecule has 1 heterocycles. The zero-order valence-electron chi connectivity index (χ0n) is 11.9. The first-order chi connectivity index (χ1) is 9.31. The normalized spacial score (nSPS) is 26.6. The molecule has 110 valence electrons. The Kier molecular flexibility index (Phi) is 5.88. The standard InChI is InChI=1S/C13H27N5O/c1-2-18-7-8-19-12(10-18)9-15-13(17-14)16-11-5-3-4-6-11/h11-12H,2-10,14H2,1H3,(H2,15,16,17). The van der Waals surface area contributed by atoms with Crippen LogP contribution in [0.25, 0.3) is 0 Å². The molecule has 0 spiro atoms. The molecule has 0 bridgehead atoms. The highest BCUT2D eigenvalue weighted by molar-refractivity contribution is 5.79. The summed E-state index contributed by atoms with van der Waals surface area (Å²) in [6.45, 7) is 6.71. The number of morpholine rings is 1. The monoisotopic (exact) mass is 269 g/mol. The van der Waals surface area contributed by atoms with E-state index in [1.54, 1.807) is 0 Å². The third kappa shape index (κ3) is 4.63. The van der Waals surface area contributed by atoms with Gasteiger partial charge in [-0.3, -0.25) is 10.3 Å². The second-order valence-corrected chi connectivity index (χ2v) is 5.35. The van der Waals surface area contributed by atoms with Crippen molar-refractivity contribution in [3.63, 3.8) is 0 Å². The van der Waals surface area contributed by atoms with Gasteiger partial charge >= 0.3 is 0 Å². The molecular formula is C13H27N5O. The van der Waals surface area contributed by atoms with Crippen molar-refractivity contribution < 1.29 is 4.74 Å². The highest BCUT2D eigenvalue weighted by atomic mass is 16.5. The summed E-state index contributed by atoms with van der Waals surface area (Å²) in [6.07, 6.45) is 5.20. The Labute approximate surface area is 115 Å². The maximum absolute atomic E-state index is 5.73. The molecule has 2 fully saturated rings.